The molecule has 0 amide bonds. The molecule has 0 saturated carbocycles. The van der Waals surface area contributed by atoms with E-state index < -0.39 is 0 Å². The van der Waals surface area contributed by atoms with Gasteiger partial charge in [-0.1, -0.05) is 0 Å². The van der Waals surface area contributed by atoms with Gasteiger partial charge in [-0.2, -0.15) is 0 Å². The van der Waals surface area contributed by atoms with Gasteiger partial charge in [0.1, 0.15) is 0 Å². The van der Waals surface area contributed by atoms with E-state index in [1.807, 2.05) is 0 Å². The van der Waals surface area contributed by atoms with Crippen molar-refractivity contribution in [3.63, 3.8) is 0 Å². The van der Waals surface area contributed by atoms with Gasteiger partial charge in [0.2, 0.25) is 0 Å². The zero-order valence-corrected chi connectivity index (χ0v) is 9.90. The van der Waals surface area contributed by atoms with Crippen LogP contribution in [0.3, 0.4) is 0 Å². The quantitative estimate of drug-likeness (QED) is 0.814. The summed E-state index contributed by atoms with van der Waals surface area (Å²) in [6.45, 7) is 0.332. The Kier molecular flexibility index (Phi) is 3.29. The summed E-state index contributed by atoms with van der Waals surface area (Å²) in [5.41, 5.74) is 0.614. The summed E-state index contributed by atoms with van der Waals surface area (Å²) in [5.74, 6) is 0. The number of H-pyrrole nitrogens is 1. The molecule has 2 heterocycles. The molecule has 0 aliphatic heterocycles. The summed E-state index contributed by atoms with van der Waals surface area (Å²) in [6, 6.07) is 1.71. The fraction of sp³-hybridized carbons (Fsp3) is 0.200. The van der Waals surface area contributed by atoms with Crippen LogP contribution in [0.15, 0.2) is 29.5 Å². The zero-order valence-electron chi connectivity index (χ0n) is 9.08. The molecule has 2 aromatic rings. The number of nitrogens with zero attached hydrogens (tertiary/aromatic N) is 3. The summed E-state index contributed by atoms with van der Waals surface area (Å²) < 4.78 is 6.65. The standard InChI is InChI=1S/C10H10N4O2S/c1-16-9-12-4-7(5-13-9)6-14-8(15)2-3-11-10(14)17/h2-5H,6H2,1H3,(H,11,17). The number of rotatable bonds is 3. The summed E-state index contributed by atoms with van der Waals surface area (Å²) in [6.07, 6.45) is 4.71. The zero-order chi connectivity index (χ0) is 12.3. The Morgan fingerprint density at radius 3 is 2.76 bits per heavy atom. The Balaban J connectivity index is 2.32. The summed E-state index contributed by atoms with van der Waals surface area (Å²) in [4.78, 5) is 22.3. The molecule has 0 spiro atoms. The monoisotopic (exact) mass is 250 g/mol. The Morgan fingerprint density at radius 1 is 1.47 bits per heavy atom. The number of aromatic amines is 1. The second-order valence-electron chi connectivity index (χ2n) is 3.29. The van der Waals surface area contributed by atoms with Gasteiger partial charge in [0, 0.05) is 30.2 Å². The molecule has 0 bridgehead atoms. The molecule has 7 heteroatoms. The van der Waals surface area contributed by atoms with Crippen LogP contribution >= 0.6 is 12.2 Å². The van der Waals surface area contributed by atoms with Gasteiger partial charge in [0.25, 0.3) is 5.56 Å². The molecule has 17 heavy (non-hydrogen) atoms. The van der Waals surface area contributed by atoms with Gasteiger partial charge in [-0.25, -0.2) is 9.97 Å². The van der Waals surface area contributed by atoms with Crippen molar-refractivity contribution in [2.75, 3.05) is 7.11 Å². The molecule has 88 valence electrons. The molecule has 0 aliphatic rings. The molecule has 6 nitrogen and oxygen atoms in total. The minimum atomic E-state index is -0.162. The second-order valence-corrected chi connectivity index (χ2v) is 3.67. The van der Waals surface area contributed by atoms with Gasteiger partial charge < -0.3 is 9.72 Å². The number of hydrogen-bond donors (Lipinski definition) is 1. The van der Waals surface area contributed by atoms with E-state index in [0.717, 1.165) is 5.56 Å². The Hall–Kier alpha value is -2.02. The van der Waals surface area contributed by atoms with Gasteiger partial charge in [-0.05, 0) is 12.2 Å². The highest BCUT2D eigenvalue weighted by Crippen LogP contribution is 2.02. The van der Waals surface area contributed by atoms with Crippen LogP contribution in [-0.4, -0.2) is 26.6 Å². The van der Waals surface area contributed by atoms with E-state index in [1.165, 1.54) is 23.9 Å². The van der Waals surface area contributed by atoms with Crippen molar-refractivity contribution in [2.45, 2.75) is 6.54 Å². The predicted octanol–water partition coefficient (Wildman–Crippen LogP) is 0.753. The SMILES string of the molecule is COc1ncc(Cn2c(=O)cc[nH]c2=S)cn1. The number of aromatic nitrogens is 4. The lowest BCUT2D eigenvalue weighted by Gasteiger charge is -2.05. The largest absolute Gasteiger partial charge is 0.467 e. The number of methoxy groups -OCH3 is 1. The van der Waals surface area contributed by atoms with Crippen LogP contribution in [0.4, 0.5) is 0 Å². The molecule has 0 saturated heterocycles. The molecule has 0 radical (unpaired) electrons. The Bertz CT molecular complexity index is 589. The van der Waals surface area contributed by atoms with Crippen LogP contribution in [0.1, 0.15) is 5.56 Å². The summed E-state index contributed by atoms with van der Waals surface area (Å²) in [5, 5.41) is 0. The summed E-state index contributed by atoms with van der Waals surface area (Å²) >= 11 is 5.03. The van der Waals surface area contributed by atoms with Crippen molar-refractivity contribution < 1.29 is 4.74 Å². The normalized spacial score (nSPS) is 10.2. The van der Waals surface area contributed by atoms with Gasteiger partial charge in [-0.3, -0.25) is 9.36 Å². The van der Waals surface area contributed by atoms with Crippen LogP contribution in [-0.2, 0) is 6.54 Å². The lowest BCUT2D eigenvalue weighted by atomic mass is 10.3. The van der Waals surface area contributed by atoms with Gasteiger partial charge in [0.15, 0.2) is 4.77 Å². The van der Waals surface area contributed by atoms with Gasteiger partial charge in [-0.15, -0.1) is 0 Å². The van der Waals surface area contributed by atoms with Crippen LogP contribution in [0.25, 0.3) is 0 Å². The summed E-state index contributed by atoms with van der Waals surface area (Å²) in [7, 11) is 1.49. The van der Waals surface area contributed by atoms with Crippen LogP contribution < -0.4 is 10.3 Å². The number of nitrogens with one attached hydrogen (secondary N) is 1. The van der Waals surface area contributed by atoms with E-state index in [1.54, 1.807) is 12.4 Å². The minimum Gasteiger partial charge on any atom is -0.467 e. The van der Waals surface area contributed by atoms with Crippen molar-refractivity contribution in [3.8, 4) is 6.01 Å². The third kappa shape index (κ3) is 2.56. The molecule has 2 aromatic heterocycles. The first-order valence-electron chi connectivity index (χ1n) is 4.84. The molecule has 0 atom stereocenters. The lowest BCUT2D eigenvalue weighted by molar-refractivity contribution is 0.379. The van der Waals surface area contributed by atoms with Crippen molar-refractivity contribution in [1.82, 2.24) is 19.5 Å². The van der Waals surface area contributed by atoms with Crippen molar-refractivity contribution >= 4 is 12.2 Å². The van der Waals surface area contributed by atoms with Crippen molar-refractivity contribution in [1.29, 1.82) is 0 Å². The molecule has 0 aromatic carbocycles. The molecule has 1 N–H and O–H groups in total. The highest BCUT2D eigenvalue weighted by molar-refractivity contribution is 7.71. The van der Waals surface area contributed by atoms with Gasteiger partial charge in [0.05, 0.1) is 13.7 Å². The smallest absolute Gasteiger partial charge is 0.316 e. The van der Waals surface area contributed by atoms with Crippen LogP contribution in [0, 0.1) is 4.77 Å². The first kappa shape index (κ1) is 11.5. The highest BCUT2D eigenvalue weighted by atomic mass is 32.1. The van der Waals surface area contributed by atoms with E-state index in [4.69, 9.17) is 17.0 Å². The van der Waals surface area contributed by atoms with Crippen molar-refractivity contribution in [2.24, 2.45) is 0 Å². The van der Waals surface area contributed by atoms with Crippen LogP contribution in [0.5, 0.6) is 6.01 Å². The third-order valence-corrected chi connectivity index (χ3v) is 2.49. The maximum atomic E-state index is 11.6. The third-order valence-electron chi connectivity index (χ3n) is 2.15. The van der Waals surface area contributed by atoms with Crippen LogP contribution in [0.2, 0.25) is 0 Å². The molecule has 0 fully saturated rings. The highest BCUT2D eigenvalue weighted by Gasteiger charge is 2.01. The topological polar surface area (TPSA) is 72.8 Å². The lowest BCUT2D eigenvalue weighted by Crippen LogP contribution is -2.21. The fourth-order valence-corrected chi connectivity index (χ4v) is 1.54. The number of hydrogen-bond acceptors (Lipinski definition) is 5. The molecular formula is C10H10N4O2S. The average molecular weight is 250 g/mol. The maximum Gasteiger partial charge on any atom is 0.316 e. The van der Waals surface area contributed by atoms with E-state index in [0.29, 0.717) is 17.3 Å². The maximum absolute atomic E-state index is 11.6. The Labute approximate surface area is 102 Å². The van der Waals surface area contributed by atoms with Crippen molar-refractivity contribution in [3.05, 3.63) is 45.3 Å². The first-order chi connectivity index (χ1) is 8.20. The van der Waals surface area contributed by atoms with E-state index in [2.05, 4.69) is 15.0 Å². The predicted molar refractivity (Wildman–Crippen MR) is 63.6 cm³/mol. The van der Waals surface area contributed by atoms with E-state index >= 15 is 0 Å². The Morgan fingerprint density at radius 2 is 2.18 bits per heavy atom. The second kappa shape index (κ2) is 4.88. The molecule has 0 aliphatic carbocycles. The number of ether oxygens (including phenoxy) is 1. The minimum absolute atomic E-state index is 0.162. The molecule has 0 unspecified atom stereocenters. The van der Waals surface area contributed by atoms with E-state index in [-0.39, 0.29) is 5.56 Å². The van der Waals surface area contributed by atoms with Gasteiger partial charge >= 0.3 is 6.01 Å². The average Bonchev–Trinajstić information content (AvgIpc) is 2.35. The molecule has 2 rings (SSSR count). The molecular weight excluding hydrogens is 240 g/mol. The van der Waals surface area contributed by atoms with E-state index in [9.17, 15) is 4.79 Å². The fourth-order valence-electron chi connectivity index (χ4n) is 1.31. The first-order valence-corrected chi connectivity index (χ1v) is 5.25.